The predicted molar refractivity (Wildman–Crippen MR) is 80.1 cm³/mol. The Morgan fingerprint density at radius 3 is 2.26 bits per heavy atom. The molecule has 5 heteroatoms. The Labute approximate surface area is 113 Å². The van der Waals surface area contributed by atoms with Gasteiger partial charge in [-0.1, -0.05) is 12.1 Å². The molecule has 2 aromatic rings. The minimum absolute atomic E-state index is 0.781. The van der Waals surface area contributed by atoms with Crippen molar-refractivity contribution < 1.29 is 0 Å². The van der Waals surface area contributed by atoms with Crippen molar-refractivity contribution in [3.8, 4) is 0 Å². The molecular weight excluding hydrogens is 238 g/mol. The average molecular weight is 255 g/mol. The number of aliphatic imine (C=N–C) groups is 1. The van der Waals surface area contributed by atoms with E-state index in [1.807, 2.05) is 55.2 Å². The van der Waals surface area contributed by atoms with Crippen molar-refractivity contribution in [1.82, 2.24) is 9.97 Å². The highest BCUT2D eigenvalue weighted by Crippen LogP contribution is 2.34. The van der Waals surface area contributed by atoms with E-state index in [1.54, 1.807) is 12.4 Å². The summed E-state index contributed by atoms with van der Waals surface area (Å²) in [5, 5.41) is 0. The van der Waals surface area contributed by atoms with Crippen molar-refractivity contribution in [2.75, 3.05) is 30.9 Å². The standard InChI is InChI=1S/C14H17N5/c1-15-11-7-5-6-8-12(11)19(4)14-13(18(2)3)16-9-10-17-14/h5-10H,1H2,2-4H3. The number of aromatic nitrogens is 2. The fourth-order valence-corrected chi connectivity index (χ4v) is 1.87. The Morgan fingerprint density at radius 1 is 1.00 bits per heavy atom. The third kappa shape index (κ3) is 2.54. The van der Waals surface area contributed by atoms with Crippen molar-refractivity contribution in [3.63, 3.8) is 0 Å². The molecule has 0 unspecified atom stereocenters. The second kappa shape index (κ2) is 5.48. The first-order valence-electron chi connectivity index (χ1n) is 5.93. The Balaban J connectivity index is 2.50. The van der Waals surface area contributed by atoms with E-state index in [0.29, 0.717) is 0 Å². The van der Waals surface area contributed by atoms with Crippen LogP contribution in [0.3, 0.4) is 0 Å². The van der Waals surface area contributed by atoms with E-state index in [2.05, 4.69) is 21.7 Å². The topological polar surface area (TPSA) is 44.6 Å². The van der Waals surface area contributed by atoms with Crippen LogP contribution in [0, 0.1) is 0 Å². The van der Waals surface area contributed by atoms with Gasteiger partial charge in [0.2, 0.25) is 0 Å². The number of nitrogens with zero attached hydrogens (tertiary/aromatic N) is 5. The highest BCUT2D eigenvalue weighted by Gasteiger charge is 2.15. The molecule has 0 saturated carbocycles. The van der Waals surface area contributed by atoms with Crippen molar-refractivity contribution in [1.29, 1.82) is 0 Å². The molecule has 0 aliphatic carbocycles. The van der Waals surface area contributed by atoms with Gasteiger partial charge >= 0.3 is 0 Å². The number of para-hydroxylation sites is 2. The number of rotatable bonds is 4. The van der Waals surface area contributed by atoms with Gasteiger partial charge in [0.25, 0.3) is 0 Å². The molecule has 0 aliphatic rings. The zero-order chi connectivity index (χ0) is 13.8. The summed E-state index contributed by atoms with van der Waals surface area (Å²) in [4.78, 5) is 16.7. The minimum Gasteiger partial charge on any atom is -0.360 e. The Hall–Kier alpha value is -2.43. The van der Waals surface area contributed by atoms with E-state index in [0.717, 1.165) is 23.0 Å². The van der Waals surface area contributed by atoms with E-state index < -0.39 is 0 Å². The molecule has 0 spiro atoms. The summed E-state index contributed by atoms with van der Waals surface area (Å²) in [6.07, 6.45) is 3.37. The van der Waals surface area contributed by atoms with Crippen molar-refractivity contribution in [2.24, 2.45) is 4.99 Å². The molecule has 0 aliphatic heterocycles. The summed E-state index contributed by atoms with van der Waals surface area (Å²) in [7, 11) is 5.83. The van der Waals surface area contributed by atoms with Gasteiger partial charge in [-0.3, -0.25) is 4.99 Å². The van der Waals surface area contributed by atoms with Gasteiger partial charge in [0.15, 0.2) is 11.6 Å². The maximum Gasteiger partial charge on any atom is 0.176 e. The van der Waals surface area contributed by atoms with E-state index in [1.165, 1.54) is 0 Å². The molecule has 0 atom stereocenters. The number of hydrogen-bond donors (Lipinski definition) is 0. The number of anilines is 3. The third-order valence-corrected chi connectivity index (χ3v) is 2.82. The van der Waals surface area contributed by atoms with Gasteiger partial charge in [-0.2, -0.15) is 0 Å². The smallest absolute Gasteiger partial charge is 0.176 e. The molecular formula is C14H17N5. The summed E-state index contributed by atoms with van der Waals surface area (Å²) in [6, 6.07) is 7.81. The quantitative estimate of drug-likeness (QED) is 0.788. The summed E-state index contributed by atoms with van der Waals surface area (Å²) >= 11 is 0. The van der Waals surface area contributed by atoms with Crippen LogP contribution in [0.5, 0.6) is 0 Å². The lowest BCUT2D eigenvalue weighted by molar-refractivity contribution is 1.01. The SMILES string of the molecule is C=Nc1ccccc1N(C)c1nccnc1N(C)C. The Kier molecular flexibility index (Phi) is 3.75. The zero-order valence-electron chi connectivity index (χ0n) is 11.4. The normalized spacial score (nSPS) is 10.1. The molecule has 98 valence electrons. The van der Waals surface area contributed by atoms with Crippen molar-refractivity contribution in [2.45, 2.75) is 0 Å². The van der Waals surface area contributed by atoms with E-state index in [-0.39, 0.29) is 0 Å². The number of benzene rings is 1. The maximum atomic E-state index is 4.41. The molecule has 0 radical (unpaired) electrons. The lowest BCUT2D eigenvalue weighted by Crippen LogP contribution is -2.19. The molecule has 0 N–H and O–H groups in total. The Morgan fingerprint density at radius 2 is 1.63 bits per heavy atom. The maximum absolute atomic E-state index is 4.41. The van der Waals surface area contributed by atoms with E-state index >= 15 is 0 Å². The van der Waals surface area contributed by atoms with Crippen LogP contribution in [0.1, 0.15) is 0 Å². The minimum atomic E-state index is 0.781. The second-order valence-corrected chi connectivity index (χ2v) is 4.30. The van der Waals surface area contributed by atoms with Crippen LogP contribution in [-0.4, -0.2) is 37.8 Å². The first-order chi connectivity index (χ1) is 9.15. The van der Waals surface area contributed by atoms with Gasteiger partial charge < -0.3 is 9.80 Å². The summed E-state index contributed by atoms with van der Waals surface area (Å²) in [6.45, 7) is 3.60. The molecule has 0 fully saturated rings. The molecule has 0 saturated heterocycles. The van der Waals surface area contributed by atoms with E-state index in [4.69, 9.17) is 0 Å². The molecule has 0 bridgehead atoms. The van der Waals surface area contributed by atoms with Crippen LogP contribution in [0.25, 0.3) is 0 Å². The zero-order valence-corrected chi connectivity index (χ0v) is 11.4. The first-order valence-corrected chi connectivity index (χ1v) is 5.93. The molecule has 2 rings (SSSR count). The van der Waals surface area contributed by atoms with Crippen LogP contribution in [0.4, 0.5) is 23.0 Å². The first kappa shape index (κ1) is 13.0. The molecule has 5 nitrogen and oxygen atoms in total. The molecule has 1 aromatic carbocycles. The highest BCUT2D eigenvalue weighted by molar-refractivity contribution is 5.77. The third-order valence-electron chi connectivity index (χ3n) is 2.82. The molecule has 1 heterocycles. The van der Waals surface area contributed by atoms with Crippen LogP contribution in [0.2, 0.25) is 0 Å². The van der Waals surface area contributed by atoms with Gasteiger partial charge in [0.1, 0.15) is 0 Å². The lowest BCUT2D eigenvalue weighted by Gasteiger charge is -2.24. The monoisotopic (exact) mass is 255 g/mol. The van der Waals surface area contributed by atoms with Gasteiger partial charge in [-0.25, -0.2) is 9.97 Å². The molecule has 0 amide bonds. The van der Waals surface area contributed by atoms with E-state index in [9.17, 15) is 0 Å². The predicted octanol–water partition coefficient (Wildman–Crippen LogP) is 2.64. The lowest BCUT2D eigenvalue weighted by atomic mass is 10.2. The van der Waals surface area contributed by atoms with Gasteiger partial charge in [0.05, 0.1) is 11.4 Å². The molecule has 19 heavy (non-hydrogen) atoms. The van der Waals surface area contributed by atoms with Crippen LogP contribution < -0.4 is 9.80 Å². The van der Waals surface area contributed by atoms with Crippen molar-refractivity contribution in [3.05, 3.63) is 36.7 Å². The Bertz CT molecular complexity index is 580. The summed E-state index contributed by atoms with van der Waals surface area (Å²) < 4.78 is 0. The highest BCUT2D eigenvalue weighted by atomic mass is 15.3. The second-order valence-electron chi connectivity index (χ2n) is 4.30. The fourth-order valence-electron chi connectivity index (χ4n) is 1.87. The average Bonchev–Trinajstić information content (AvgIpc) is 2.46. The molecule has 1 aromatic heterocycles. The summed E-state index contributed by atoms with van der Waals surface area (Å²) in [5.74, 6) is 1.59. The van der Waals surface area contributed by atoms with Crippen LogP contribution in [-0.2, 0) is 0 Å². The fraction of sp³-hybridized carbons (Fsp3) is 0.214. The number of hydrogen-bond acceptors (Lipinski definition) is 5. The summed E-state index contributed by atoms with van der Waals surface area (Å²) in [5.41, 5.74) is 1.77. The van der Waals surface area contributed by atoms with Gasteiger partial charge in [-0.05, 0) is 18.9 Å². The van der Waals surface area contributed by atoms with Crippen molar-refractivity contribution >= 4 is 29.7 Å². The van der Waals surface area contributed by atoms with Gasteiger partial charge in [0, 0.05) is 33.5 Å². The van der Waals surface area contributed by atoms with Gasteiger partial charge in [-0.15, -0.1) is 0 Å². The largest absolute Gasteiger partial charge is 0.360 e. The van der Waals surface area contributed by atoms with Crippen LogP contribution >= 0.6 is 0 Å². The van der Waals surface area contributed by atoms with Crippen LogP contribution in [0.15, 0.2) is 41.7 Å².